The van der Waals surface area contributed by atoms with Crippen molar-refractivity contribution in [2.75, 3.05) is 46.0 Å². The number of nitrogens with zero attached hydrogens (tertiary/aromatic N) is 2. The van der Waals surface area contributed by atoms with E-state index >= 15 is 0 Å². The molecule has 124 valence electrons. The molecule has 3 aliphatic heterocycles. The van der Waals surface area contributed by atoms with E-state index in [1.165, 1.54) is 5.56 Å². The summed E-state index contributed by atoms with van der Waals surface area (Å²) in [6.07, 6.45) is 1.35. The average molecular weight is 316 g/mol. The number of rotatable bonds is 3. The van der Waals surface area contributed by atoms with Crippen molar-refractivity contribution in [2.45, 2.75) is 19.1 Å². The molecule has 3 fully saturated rings. The third kappa shape index (κ3) is 3.27. The maximum atomic E-state index is 12.8. The summed E-state index contributed by atoms with van der Waals surface area (Å²) >= 11 is 0. The van der Waals surface area contributed by atoms with Crippen LogP contribution in [0.2, 0.25) is 0 Å². The number of hydrogen-bond donors (Lipinski definition) is 0. The molecule has 0 spiro atoms. The molecular formula is C18H24N2O3. The van der Waals surface area contributed by atoms with Gasteiger partial charge in [0.25, 0.3) is 5.91 Å². The Kier molecular flexibility index (Phi) is 4.33. The monoisotopic (exact) mass is 316 g/mol. The van der Waals surface area contributed by atoms with Gasteiger partial charge in [0, 0.05) is 50.8 Å². The van der Waals surface area contributed by atoms with Crippen molar-refractivity contribution in [3.8, 4) is 0 Å². The van der Waals surface area contributed by atoms with Crippen LogP contribution in [0.4, 0.5) is 0 Å². The third-order valence-electron chi connectivity index (χ3n) is 5.17. The summed E-state index contributed by atoms with van der Waals surface area (Å²) in [5, 5.41) is 0. The molecule has 0 N–H and O–H groups in total. The van der Waals surface area contributed by atoms with E-state index in [-0.39, 0.29) is 12.0 Å². The molecular weight excluding hydrogens is 292 g/mol. The van der Waals surface area contributed by atoms with Crippen LogP contribution in [0.1, 0.15) is 22.3 Å². The molecule has 5 nitrogen and oxygen atoms in total. The van der Waals surface area contributed by atoms with Crippen LogP contribution < -0.4 is 0 Å². The Morgan fingerprint density at radius 3 is 2.87 bits per heavy atom. The number of benzene rings is 1. The van der Waals surface area contributed by atoms with Gasteiger partial charge < -0.3 is 14.4 Å². The van der Waals surface area contributed by atoms with Crippen LogP contribution in [-0.4, -0.2) is 67.8 Å². The highest BCUT2D eigenvalue weighted by atomic mass is 16.5. The molecule has 3 saturated heterocycles. The molecule has 3 aliphatic rings. The van der Waals surface area contributed by atoms with Gasteiger partial charge in [0.15, 0.2) is 0 Å². The van der Waals surface area contributed by atoms with Gasteiger partial charge >= 0.3 is 0 Å². The van der Waals surface area contributed by atoms with Crippen molar-refractivity contribution < 1.29 is 14.3 Å². The SMILES string of the molecule is O=C(c1cccc(CN2CCOCC2)c1)N1C[C@@H]2CCO[C@@H]2C1. The molecule has 0 radical (unpaired) electrons. The highest BCUT2D eigenvalue weighted by Gasteiger charge is 2.39. The lowest BCUT2D eigenvalue weighted by molar-refractivity contribution is 0.0341. The molecule has 0 unspecified atom stereocenters. The maximum absolute atomic E-state index is 12.8. The number of hydrogen-bond acceptors (Lipinski definition) is 4. The number of morpholine rings is 1. The first kappa shape index (κ1) is 15.1. The minimum Gasteiger partial charge on any atom is -0.379 e. The third-order valence-corrected chi connectivity index (χ3v) is 5.17. The van der Waals surface area contributed by atoms with Gasteiger partial charge in [0.1, 0.15) is 0 Å². The summed E-state index contributed by atoms with van der Waals surface area (Å²) in [6, 6.07) is 8.08. The van der Waals surface area contributed by atoms with E-state index in [2.05, 4.69) is 11.0 Å². The van der Waals surface area contributed by atoms with Gasteiger partial charge in [-0.05, 0) is 24.1 Å². The Bertz CT molecular complexity index is 559. The molecule has 5 heteroatoms. The molecule has 23 heavy (non-hydrogen) atoms. The fraction of sp³-hybridized carbons (Fsp3) is 0.611. The Hall–Kier alpha value is -1.43. The van der Waals surface area contributed by atoms with Gasteiger partial charge in [-0.15, -0.1) is 0 Å². The van der Waals surface area contributed by atoms with E-state index in [1.54, 1.807) is 0 Å². The Morgan fingerprint density at radius 1 is 1.17 bits per heavy atom. The second kappa shape index (κ2) is 6.59. The van der Waals surface area contributed by atoms with Gasteiger partial charge in [0.2, 0.25) is 0 Å². The lowest BCUT2D eigenvalue weighted by Crippen LogP contribution is -2.35. The largest absolute Gasteiger partial charge is 0.379 e. The molecule has 1 aromatic rings. The van der Waals surface area contributed by atoms with Crippen molar-refractivity contribution in [1.29, 1.82) is 0 Å². The van der Waals surface area contributed by atoms with Crippen LogP contribution in [0.15, 0.2) is 24.3 Å². The van der Waals surface area contributed by atoms with Gasteiger partial charge in [-0.1, -0.05) is 12.1 Å². The van der Waals surface area contributed by atoms with Crippen molar-refractivity contribution >= 4 is 5.91 Å². The van der Waals surface area contributed by atoms with E-state index in [4.69, 9.17) is 9.47 Å². The summed E-state index contributed by atoms with van der Waals surface area (Å²) in [4.78, 5) is 17.1. The van der Waals surface area contributed by atoms with Gasteiger partial charge in [-0.3, -0.25) is 9.69 Å². The summed E-state index contributed by atoms with van der Waals surface area (Å²) in [7, 11) is 0. The van der Waals surface area contributed by atoms with E-state index in [1.807, 2.05) is 23.1 Å². The summed E-state index contributed by atoms with van der Waals surface area (Å²) in [5.41, 5.74) is 2.00. The number of fused-ring (bicyclic) bond motifs is 1. The van der Waals surface area contributed by atoms with E-state index in [9.17, 15) is 4.79 Å². The minimum atomic E-state index is 0.145. The number of amides is 1. The van der Waals surface area contributed by atoms with E-state index in [0.717, 1.165) is 64.5 Å². The van der Waals surface area contributed by atoms with Crippen LogP contribution in [0.3, 0.4) is 0 Å². The highest BCUT2D eigenvalue weighted by Crippen LogP contribution is 2.29. The van der Waals surface area contributed by atoms with Gasteiger partial charge in [-0.25, -0.2) is 0 Å². The molecule has 4 rings (SSSR count). The van der Waals surface area contributed by atoms with Crippen LogP contribution in [0.25, 0.3) is 0 Å². The average Bonchev–Trinajstić information content (AvgIpc) is 3.17. The smallest absolute Gasteiger partial charge is 0.253 e. The number of likely N-dealkylation sites (tertiary alicyclic amines) is 1. The number of carbonyl (C=O) groups is 1. The number of carbonyl (C=O) groups excluding carboxylic acids is 1. The first-order chi connectivity index (χ1) is 11.3. The van der Waals surface area contributed by atoms with E-state index < -0.39 is 0 Å². The lowest BCUT2D eigenvalue weighted by atomic mass is 10.1. The van der Waals surface area contributed by atoms with Crippen molar-refractivity contribution in [1.82, 2.24) is 9.80 Å². The van der Waals surface area contributed by atoms with Crippen molar-refractivity contribution in [3.05, 3.63) is 35.4 Å². The highest BCUT2D eigenvalue weighted by molar-refractivity contribution is 5.94. The molecule has 1 amide bonds. The van der Waals surface area contributed by atoms with Crippen LogP contribution in [0.5, 0.6) is 0 Å². The fourth-order valence-corrected chi connectivity index (χ4v) is 3.85. The zero-order valence-electron chi connectivity index (χ0n) is 13.4. The minimum absolute atomic E-state index is 0.145. The summed E-state index contributed by atoms with van der Waals surface area (Å²) < 4.78 is 11.1. The Morgan fingerprint density at radius 2 is 2.04 bits per heavy atom. The molecule has 2 atom stereocenters. The maximum Gasteiger partial charge on any atom is 0.253 e. The van der Waals surface area contributed by atoms with Crippen LogP contribution in [-0.2, 0) is 16.0 Å². The van der Waals surface area contributed by atoms with Gasteiger partial charge in [0.05, 0.1) is 19.3 Å². The topological polar surface area (TPSA) is 42.0 Å². The molecule has 0 saturated carbocycles. The lowest BCUT2D eigenvalue weighted by Gasteiger charge is -2.26. The van der Waals surface area contributed by atoms with Crippen molar-refractivity contribution in [2.24, 2.45) is 5.92 Å². The summed E-state index contributed by atoms with van der Waals surface area (Å²) in [6.45, 7) is 6.86. The second-order valence-electron chi connectivity index (χ2n) is 6.76. The molecule has 0 bridgehead atoms. The zero-order valence-corrected chi connectivity index (χ0v) is 13.4. The zero-order chi connectivity index (χ0) is 15.6. The first-order valence-electron chi connectivity index (χ1n) is 8.59. The fourth-order valence-electron chi connectivity index (χ4n) is 3.85. The van der Waals surface area contributed by atoms with Crippen LogP contribution >= 0.6 is 0 Å². The molecule has 1 aromatic carbocycles. The summed E-state index contributed by atoms with van der Waals surface area (Å²) in [5.74, 6) is 0.683. The Balaban J connectivity index is 1.42. The van der Waals surface area contributed by atoms with Gasteiger partial charge in [-0.2, -0.15) is 0 Å². The molecule has 3 heterocycles. The van der Waals surface area contributed by atoms with Crippen molar-refractivity contribution in [3.63, 3.8) is 0 Å². The van der Waals surface area contributed by atoms with Crippen LogP contribution in [0, 0.1) is 5.92 Å². The predicted molar refractivity (Wildman–Crippen MR) is 86.3 cm³/mol. The molecule has 0 aromatic heterocycles. The normalized spacial score (nSPS) is 28.1. The Labute approximate surface area is 137 Å². The van der Waals surface area contributed by atoms with E-state index in [0.29, 0.717) is 5.92 Å². The second-order valence-corrected chi connectivity index (χ2v) is 6.76. The predicted octanol–water partition coefficient (Wildman–Crippen LogP) is 1.38. The molecule has 0 aliphatic carbocycles. The number of ether oxygens (including phenoxy) is 2. The standard InChI is InChI=1S/C18H24N2O3/c21-18(20-12-16-4-7-23-17(16)13-20)15-3-1-2-14(10-15)11-19-5-8-22-9-6-19/h1-3,10,16-17H,4-9,11-13H2/t16-,17+/m0/s1. The first-order valence-corrected chi connectivity index (χ1v) is 8.59. The quantitative estimate of drug-likeness (QED) is 0.845.